The molecule has 3 rings (SSSR count). The third-order valence-corrected chi connectivity index (χ3v) is 4.85. The van der Waals surface area contributed by atoms with Gasteiger partial charge >= 0.3 is 5.97 Å². The van der Waals surface area contributed by atoms with Gasteiger partial charge in [-0.15, -0.1) is 0 Å². The van der Waals surface area contributed by atoms with E-state index >= 15 is 0 Å². The molecule has 1 amide bonds. The summed E-state index contributed by atoms with van der Waals surface area (Å²) in [5.74, 6) is -0.166. The van der Waals surface area contributed by atoms with Crippen molar-refractivity contribution in [2.75, 3.05) is 20.3 Å². The van der Waals surface area contributed by atoms with Gasteiger partial charge in [0.2, 0.25) is 0 Å². The first kappa shape index (κ1) is 21.2. The first-order valence-corrected chi connectivity index (χ1v) is 9.92. The van der Waals surface area contributed by atoms with E-state index in [2.05, 4.69) is 16.4 Å². The summed E-state index contributed by atoms with van der Waals surface area (Å²) in [6.45, 7) is 1.98. The molecular weight excluding hydrogens is 380 g/mol. The molecule has 6 heteroatoms. The maximum Gasteiger partial charge on any atom is 0.330 e. The average Bonchev–Trinajstić information content (AvgIpc) is 3.21. The molecule has 1 atom stereocenters. The number of para-hydroxylation sites is 1. The molecular formula is C24H26N2O4. The zero-order chi connectivity index (χ0) is 21.3. The molecule has 156 valence electrons. The van der Waals surface area contributed by atoms with Crippen LogP contribution >= 0.6 is 0 Å². The third kappa shape index (κ3) is 5.29. The molecule has 0 aliphatic carbocycles. The van der Waals surface area contributed by atoms with E-state index in [1.807, 2.05) is 55.6 Å². The van der Waals surface area contributed by atoms with Gasteiger partial charge in [-0.25, -0.2) is 4.79 Å². The number of methoxy groups -OCH3 is 1. The minimum absolute atomic E-state index is 0.0771. The lowest BCUT2D eigenvalue weighted by molar-refractivity contribution is -0.143. The van der Waals surface area contributed by atoms with Gasteiger partial charge in [-0.05, 0) is 35.7 Å². The number of amides is 1. The minimum Gasteiger partial charge on any atom is -0.497 e. The second-order valence-electron chi connectivity index (χ2n) is 6.84. The standard InChI is InChI=1S/C24H26N2O4/c1-3-4-9-24(28)30-16-23(27)26-14-20(17-10-12-18(29-2)13-11-17)21-15-25-22-8-6-5-7-19(21)22/h4-13,15,20,25H,3,14,16H2,1-2H3,(H,26,27)/b9-4+/t20-/m1/s1. The van der Waals surface area contributed by atoms with Crippen molar-refractivity contribution in [2.45, 2.75) is 19.3 Å². The fourth-order valence-electron chi connectivity index (χ4n) is 3.29. The van der Waals surface area contributed by atoms with Crippen LogP contribution in [0.25, 0.3) is 10.9 Å². The average molecular weight is 406 g/mol. The summed E-state index contributed by atoms with van der Waals surface area (Å²) in [5, 5.41) is 3.99. The quantitative estimate of drug-likeness (QED) is 0.417. The molecule has 0 bridgehead atoms. The van der Waals surface area contributed by atoms with Crippen LogP contribution in [0.5, 0.6) is 5.75 Å². The normalized spacial score (nSPS) is 12.1. The Morgan fingerprint density at radius 1 is 1.13 bits per heavy atom. The highest BCUT2D eigenvalue weighted by atomic mass is 16.5. The highest BCUT2D eigenvalue weighted by molar-refractivity contribution is 5.86. The number of carbonyl (C=O) groups is 2. The Bertz CT molecular complexity index is 1020. The van der Waals surface area contributed by atoms with Crippen molar-refractivity contribution >= 4 is 22.8 Å². The van der Waals surface area contributed by atoms with Crippen LogP contribution in [0.2, 0.25) is 0 Å². The van der Waals surface area contributed by atoms with Gasteiger partial charge in [-0.2, -0.15) is 0 Å². The number of fused-ring (bicyclic) bond motifs is 1. The molecule has 0 fully saturated rings. The number of hydrogen-bond donors (Lipinski definition) is 2. The van der Waals surface area contributed by atoms with Crippen LogP contribution in [0.4, 0.5) is 0 Å². The number of carbonyl (C=O) groups excluding carboxylic acids is 2. The van der Waals surface area contributed by atoms with E-state index in [9.17, 15) is 9.59 Å². The number of esters is 1. The zero-order valence-electron chi connectivity index (χ0n) is 17.2. The SMILES string of the molecule is CC/C=C/C(=O)OCC(=O)NC[C@H](c1ccc(OC)cc1)c1c[nH]c2ccccc12. The first-order valence-electron chi connectivity index (χ1n) is 9.92. The van der Waals surface area contributed by atoms with E-state index in [4.69, 9.17) is 9.47 Å². The van der Waals surface area contributed by atoms with Gasteiger partial charge in [0.15, 0.2) is 6.61 Å². The second-order valence-corrected chi connectivity index (χ2v) is 6.84. The Hall–Kier alpha value is -3.54. The lowest BCUT2D eigenvalue weighted by atomic mass is 9.91. The molecule has 1 heterocycles. The maximum absolute atomic E-state index is 12.3. The van der Waals surface area contributed by atoms with Crippen LogP contribution in [0.1, 0.15) is 30.4 Å². The van der Waals surface area contributed by atoms with E-state index in [1.165, 1.54) is 6.08 Å². The largest absolute Gasteiger partial charge is 0.497 e. The maximum atomic E-state index is 12.3. The van der Waals surface area contributed by atoms with Crippen molar-refractivity contribution in [1.82, 2.24) is 10.3 Å². The summed E-state index contributed by atoms with van der Waals surface area (Å²) in [5.41, 5.74) is 3.16. The lowest BCUT2D eigenvalue weighted by Gasteiger charge is -2.18. The molecule has 3 aromatic rings. The fraction of sp³-hybridized carbons (Fsp3) is 0.250. The Morgan fingerprint density at radius 2 is 1.90 bits per heavy atom. The molecule has 0 spiro atoms. The predicted molar refractivity (Wildman–Crippen MR) is 117 cm³/mol. The van der Waals surface area contributed by atoms with Gasteiger partial charge in [0, 0.05) is 35.6 Å². The van der Waals surface area contributed by atoms with E-state index in [0.717, 1.165) is 34.2 Å². The molecule has 0 aliphatic rings. The highest BCUT2D eigenvalue weighted by Gasteiger charge is 2.19. The molecule has 0 saturated heterocycles. The van der Waals surface area contributed by atoms with Gasteiger partial charge in [0.25, 0.3) is 5.91 Å². The smallest absolute Gasteiger partial charge is 0.330 e. The van der Waals surface area contributed by atoms with Gasteiger partial charge in [-0.3, -0.25) is 4.79 Å². The van der Waals surface area contributed by atoms with Crippen LogP contribution in [-0.4, -0.2) is 37.1 Å². The monoisotopic (exact) mass is 406 g/mol. The van der Waals surface area contributed by atoms with E-state index < -0.39 is 5.97 Å². The van der Waals surface area contributed by atoms with Crippen LogP contribution < -0.4 is 10.1 Å². The predicted octanol–water partition coefficient (Wildman–Crippen LogP) is 3.93. The summed E-state index contributed by atoms with van der Waals surface area (Å²) in [6.07, 6.45) is 5.73. The summed E-state index contributed by atoms with van der Waals surface area (Å²) >= 11 is 0. The minimum atomic E-state index is -0.518. The third-order valence-electron chi connectivity index (χ3n) is 4.85. The van der Waals surface area contributed by atoms with E-state index in [0.29, 0.717) is 6.54 Å². The molecule has 0 radical (unpaired) electrons. The molecule has 2 aromatic carbocycles. The number of hydrogen-bond acceptors (Lipinski definition) is 4. The van der Waals surface area contributed by atoms with Crippen molar-refractivity contribution in [1.29, 1.82) is 0 Å². The molecule has 0 aliphatic heterocycles. The van der Waals surface area contributed by atoms with Crippen molar-refractivity contribution in [2.24, 2.45) is 0 Å². The number of ether oxygens (including phenoxy) is 2. The van der Waals surface area contributed by atoms with Gasteiger partial charge in [0.1, 0.15) is 5.75 Å². The van der Waals surface area contributed by atoms with E-state index in [-0.39, 0.29) is 18.4 Å². The van der Waals surface area contributed by atoms with Gasteiger partial charge < -0.3 is 19.8 Å². The number of H-pyrrole nitrogens is 1. The van der Waals surface area contributed by atoms with Crippen molar-refractivity contribution in [3.63, 3.8) is 0 Å². The summed E-state index contributed by atoms with van der Waals surface area (Å²) in [6, 6.07) is 15.8. The Kier molecular flexibility index (Phi) is 7.27. The Balaban J connectivity index is 1.75. The molecule has 1 aromatic heterocycles. The van der Waals surface area contributed by atoms with Crippen LogP contribution in [0.3, 0.4) is 0 Å². The topological polar surface area (TPSA) is 80.4 Å². The molecule has 0 saturated carbocycles. The second kappa shape index (κ2) is 10.3. The summed E-state index contributed by atoms with van der Waals surface area (Å²) < 4.78 is 10.2. The summed E-state index contributed by atoms with van der Waals surface area (Å²) in [7, 11) is 1.63. The number of aromatic amines is 1. The number of aromatic nitrogens is 1. The highest BCUT2D eigenvalue weighted by Crippen LogP contribution is 2.31. The number of rotatable bonds is 9. The molecule has 30 heavy (non-hydrogen) atoms. The number of allylic oxidation sites excluding steroid dienone is 1. The van der Waals surface area contributed by atoms with E-state index in [1.54, 1.807) is 13.2 Å². The van der Waals surface area contributed by atoms with Crippen LogP contribution in [0, 0.1) is 0 Å². The number of nitrogens with one attached hydrogen (secondary N) is 2. The molecule has 2 N–H and O–H groups in total. The molecule has 6 nitrogen and oxygen atoms in total. The zero-order valence-corrected chi connectivity index (χ0v) is 17.2. The molecule has 0 unspecified atom stereocenters. The Morgan fingerprint density at radius 3 is 2.63 bits per heavy atom. The van der Waals surface area contributed by atoms with Crippen LogP contribution in [0.15, 0.2) is 66.9 Å². The first-order chi connectivity index (χ1) is 14.6. The van der Waals surface area contributed by atoms with Crippen molar-refractivity contribution in [3.05, 3.63) is 78.0 Å². The van der Waals surface area contributed by atoms with Crippen molar-refractivity contribution in [3.8, 4) is 5.75 Å². The fourth-order valence-corrected chi connectivity index (χ4v) is 3.29. The van der Waals surface area contributed by atoms with Gasteiger partial charge in [0.05, 0.1) is 7.11 Å². The Labute approximate surface area is 175 Å². The number of benzene rings is 2. The van der Waals surface area contributed by atoms with Crippen LogP contribution in [-0.2, 0) is 14.3 Å². The summed E-state index contributed by atoms with van der Waals surface area (Å²) in [4.78, 5) is 27.1. The van der Waals surface area contributed by atoms with Gasteiger partial charge in [-0.1, -0.05) is 43.3 Å². The lowest BCUT2D eigenvalue weighted by Crippen LogP contribution is -2.32. The van der Waals surface area contributed by atoms with Crippen molar-refractivity contribution < 1.29 is 19.1 Å².